The summed E-state index contributed by atoms with van der Waals surface area (Å²) in [6.45, 7) is 8.84. The predicted molar refractivity (Wildman–Crippen MR) is 86.1 cm³/mol. The van der Waals surface area contributed by atoms with Gasteiger partial charge in [-0.2, -0.15) is 0 Å². The van der Waals surface area contributed by atoms with Crippen LogP contribution in [0.3, 0.4) is 0 Å². The largest absolute Gasteiger partial charge is 0.493 e. The van der Waals surface area contributed by atoms with Gasteiger partial charge in [-0.1, -0.05) is 12.1 Å². The Morgan fingerprint density at radius 2 is 1.71 bits per heavy atom. The summed E-state index contributed by atoms with van der Waals surface area (Å²) in [6, 6.07) is 4.52. The Kier molecular flexibility index (Phi) is 8.35. The molecule has 4 nitrogen and oxygen atoms in total. The first kappa shape index (κ1) is 18.0. The number of rotatable bonds is 10. The summed E-state index contributed by atoms with van der Waals surface area (Å²) in [5.74, 6) is 0.986. The minimum atomic E-state index is 0.180. The summed E-state index contributed by atoms with van der Waals surface area (Å²) in [7, 11) is 1.67. The van der Waals surface area contributed by atoms with E-state index in [4.69, 9.17) is 19.9 Å². The molecular formula is C17H29NO3. The van der Waals surface area contributed by atoms with E-state index in [9.17, 15) is 0 Å². The summed E-state index contributed by atoms with van der Waals surface area (Å²) in [4.78, 5) is 0. The van der Waals surface area contributed by atoms with Crippen LogP contribution in [0.15, 0.2) is 12.1 Å². The van der Waals surface area contributed by atoms with Crippen LogP contribution in [0.4, 0.5) is 0 Å². The minimum absolute atomic E-state index is 0.180. The number of benzene rings is 1. The van der Waals surface area contributed by atoms with Crippen molar-refractivity contribution >= 4 is 0 Å². The second-order valence-electron chi connectivity index (χ2n) is 5.55. The highest BCUT2D eigenvalue weighted by Gasteiger charge is 2.07. The number of hydrogen-bond acceptors (Lipinski definition) is 4. The molecule has 0 heterocycles. The molecule has 0 spiro atoms. The third-order valence-corrected chi connectivity index (χ3v) is 3.19. The third kappa shape index (κ3) is 6.93. The maximum absolute atomic E-state index is 5.89. The summed E-state index contributed by atoms with van der Waals surface area (Å²) in [5.41, 5.74) is 9.47. The zero-order valence-corrected chi connectivity index (χ0v) is 13.8. The quantitative estimate of drug-likeness (QED) is 0.674. The highest BCUT2D eigenvalue weighted by Crippen LogP contribution is 2.25. The van der Waals surface area contributed by atoms with Crippen molar-refractivity contribution in [2.75, 3.05) is 33.5 Å². The average molecular weight is 295 g/mol. The van der Waals surface area contributed by atoms with Crippen LogP contribution < -0.4 is 10.5 Å². The Bertz CT molecular complexity index is 395. The van der Waals surface area contributed by atoms with Gasteiger partial charge in [0.25, 0.3) is 0 Å². The molecule has 0 saturated carbocycles. The Morgan fingerprint density at radius 3 is 2.29 bits per heavy atom. The first-order valence-corrected chi connectivity index (χ1v) is 7.59. The Morgan fingerprint density at radius 1 is 1.05 bits per heavy atom. The van der Waals surface area contributed by atoms with Gasteiger partial charge in [0.2, 0.25) is 0 Å². The molecule has 1 unspecified atom stereocenters. The van der Waals surface area contributed by atoms with Gasteiger partial charge < -0.3 is 19.9 Å². The topological polar surface area (TPSA) is 53.7 Å². The molecule has 1 rings (SSSR count). The first-order valence-electron chi connectivity index (χ1n) is 7.59. The summed E-state index contributed by atoms with van der Waals surface area (Å²) < 4.78 is 16.2. The molecule has 120 valence electrons. The smallest absolute Gasteiger partial charge is 0.125 e. The van der Waals surface area contributed by atoms with Gasteiger partial charge in [0.15, 0.2) is 0 Å². The molecule has 1 aromatic rings. The SMILES string of the molecule is COCCOCCCOc1c(C)cc(CC(C)N)cc1C. The van der Waals surface area contributed by atoms with Crippen molar-refractivity contribution in [2.45, 2.75) is 39.7 Å². The molecule has 0 aromatic heterocycles. The maximum Gasteiger partial charge on any atom is 0.125 e. The third-order valence-electron chi connectivity index (χ3n) is 3.19. The Balaban J connectivity index is 2.41. The van der Waals surface area contributed by atoms with Crippen molar-refractivity contribution < 1.29 is 14.2 Å². The highest BCUT2D eigenvalue weighted by atomic mass is 16.5. The molecule has 21 heavy (non-hydrogen) atoms. The molecule has 4 heteroatoms. The molecule has 0 bridgehead atoms. The molecule has 0 radical (unpaired) electrons. The summed E-state index contributed by atoms with van der Waals surface area (Å²) in [5, 5.41) is 0. The van der Waals surface area contributed by atoms with E-state index in [-0.39, 0.29) is 6.04 Å². The van der Waals surface area contributed by atoms with Crippen molar-refractivity contribution in [1.82, 2.24) is 0 Å². The molecule has 0 aliphatic rings. The predicted octanol–water partition coefficient (Wildman–Crippen LogP) is 2.63. The van der Waals surface area contributed by atoms with Crippen LogP contribution in [0.5, 0.6) is 5.75 Å². The first-order chi connectivity index (χ1) is 10.0. The molecule has 0 aliphatic heterocycles. The van der Waals surface area contributed by atoms with E-state index >= 15 is 0 Å². The van der Waals surface area contributed by atoms with Gasteiger partial charge >= 0.3 is 0 Å². The lowest BCUT2D eigenvalue weighted by Gasteiger charge is -2.15. The molecular weight excluding hydrogens is 266 g/mol. The molecule has 0 saturated heterocycles. The van der Waals surface area contributed by atoms with Crippen molar-refractivity contribution in [3.8, 4) is 5.75 Å². The van der Waals surface area contributed by atoms with E-state index in [1.165, 1.54) is 16.7 Å². The lowest BCUT2D eigenvalue weighted by Crippen LogP contribution is -2.18. The second kappa shape index (κ2) is 9.77. The fourth-order valence-corrected chi connectivity index (χ4v) is 2.34. The minimum Gasteiger partial charge on any atom is -0.493 e. The van der Waals surface area contributed by atoms with E-state index in [0.717, 1.165) is 18.6 Å². The maximum atomic E-state index is 5.89. The number of hydrogen-bond donors (Lipinski definition) is 1. The van der Waals surface area contributed by atoms with Crippen LogP contribution in [0.25, 0.3) is 0 Å². The Hall–Kier alpha value is -1.10. The van der Waals surface area contributed by atoms with Crippen LogP contribution in [0.2, 0.25) is 0 Å². The average Bonchev–Trinajstić information content (AvgIpc) is 2.39. The fourth-order valence-electron chi connectivity index (χ4n) is 2.34. The zero-order valence-electron chi connectivity index (χ0n) is 13.8. The van der Waals surface area contributed by atoms with Crippen LogP contribution in [0.1, 0.15) is 30.0 Å². The van der Waals surface area contributed by atoms with Crippen LogP contribution in [0, 0.1) is 13.8 Å². The van der Waals surface area contributed by atoms with Crippen LogP contribution in [-0.4, -0.2) is 39.6 Å². The number of methoxy groups -OCH3 is 1. The summed E-state index contributed by atoms with van der Waals surface area (Å²) in [6.07, 6.45) is 1.78. The molecule has 1 atom stereocenters. The van der Waals surface area contributed by atoms with E-state index in [0.29, 0.717) is 26.4 Å². The standard InChI is InChI=1S/C17H29NO3/c1-13-10-16(12-15(3)18)11-14(2)17(13)21-7-5-6-20-9-8-19-4/h10-11,15H,5-9,12,18H2,1-4H3. The lowest BCUT2D eigenvalue weighted by atomic mass is 10.0. The van der Waals surface area contributed by atoms with Gasteiger partial charge in [0.05, 0.1) is 19.8 Å². The molecule has 1 aromatic carbocycles. The van der Waals surface area contributed by atoms with E-state index in [1.54, 1.807) is 7.11 Å². The summed E-state index contributed by atoms with van der Waals surface area (Å²) >= 11 is 0. The van der Waals surface area contributed by atoms with Gasteiger partial charge in [-0.05, 0) is 43.9 Å². The van der Waals surface area contributed by atoms with Crippen LogP contribution >= 0.6 is 0 Å². The number of nitrogens with two attached hydrogens (primary N) is 1. The molecule has 0 aliphatic carbocycles. The lowest BCUT2D eigenvalue weighted by molar-refractivity contribution is 0.0643. The van der Waals surface area contributed by atoms with Crippen molar-refractivity contribution in [1.29, 1.82) is 0 Å². The number of aryl methyl sites for hydroxylation is 2. The van der Waals surface area contributed by atoms with Gasteiger partial charge in [0.1, 0.15) is 5.75 Å². The normalized spacial score (nSPS) is 12.4. The van der Waals surface area contributed by atoms with E-state index in [2.05, 4.69) is 26.0 Å². The van der Waals surface area contributed by atoms with Gasteiger partial charge in [-0.25, -0.2) is 0 Å². The van der Waals surface area contributed by atoms with Crippen molar-refractivity contribution in [3.63, 3.8) is 0 Å². The molecule has 0 fully saturated rings. The van der Waals surface area contributed by atoms with Crippen molar-refractivity contribution in [2.24, 2.45) is 5.73 Å². The van der Waals surface area contributed by atoms with Crippen LogP contribution in [-0.2, 0) is 15.9 Å². The monoisotopic (exact) mass is 295 g/mol. The second-order valence-corrected chi connectivity index (χ2v) is 5.55. The Labute approximate surface area is 128 Å². The number of ether oxygens (including phenoxy) is 3. The van der Waals surface area contributed by atoms with E-state index < -0.39 is 0 Å². The highest BCUT2D eigenvalue weighted by molar-refractivity contribution is 5.43. The van der Waals surface area contributed by atoms with Crippen molar-refractivity contribution in [3.05, 3.63) is 28.8 Å². The zero-order chi connectivity index (χ0) is 15.7. The van der Waals surface area contributed by atoms with E-state index in [1.807, 2.05) is 6.92 Å². The van der Waals surface area contributed by atoms with Gasteiger partial charge in [-0.3, -0.25) is 0 Å². The van der Waals surface area contributed by atoms with Gasteiger partial charge in [-0.15, -0.1) is 0 Å². The van der Waals surface area contributed by atoms with Gasteiger partial charge in [0, 0.05) is 26.2 Å². The molecule has 2 N–H and O–H groups in total. The molecule has 0 amide bonds. The fraction of sp³-hybridized carbons (Fsp3) is 0.647.